The van der Waals surface area contributed by atoms with Crippen LogP contribution in [0.25, 0.3) is 0 Å². The van der Waals surface area contributed by atoms with Gasteiger partial charge in [-0.3, -0.25) is 9.69 Å². The molecule has 2 aliphatic heterocycles. The lowest BCUT2D eigenvalue weighted by Crippen LogP contribution is -2.45. The minimum atomic E-state index is 0.0416. The molecule has 0 spiro atoms. The Morgan fingerprint density at radius 2 is 1.74 bits per heavy atom. The summed E-state index contributed by atoms with van der Waals surface area (Å²) in [6.45, 7) is 7.11. The van der Waals surface area contributed by atoms with E-state index < -0.39 is 0 Å². The highest BCUT2D eigenvalue weighted by molar-refractivity contribution is 5.90. The highest BCUT2D eigenvalue weighted by atomic mass is 16.7. The van der Waals surface area contributed by atoms with E-state index in [0.717, 1.165) is 49.9 Å². The van der Waals surface area contributed by atoms with Crippen molar-refractivity contribution in [1.29, 1.82) is 0 Å². The van der Waals surface area contributed by atoms with Crippen LogP contribution in [0.4, 0.5) is 11.4 Å². The number of carbonyl (C=O) groups is 1. The van der Waals surface area contributed by atoms with E-state index in [-0.39, 0.29) is 5.91 Å². The number of carbonyl (C=O) groups excluding carboxylic acids is 1. The first-order valence-corrected chi connectivity index (χ1v) is 9.47. The molecule has 4 rings (SSSR count). The van der Waals surface area contributed by atoms with E-state index in [1.165, 1.54) is 11.3 Å². The Morgan fingerprint density at radius 1 is 1.00 bits per heavy atom. The number of rotatable bonds is 5. The van der Waals surface area contributed by atoms with Crippen LogP contribution in [0, 0.1) is 0 Å². The zero-order valence-electron chi connectivity index (χ0n) is 15.6. The largest absolute Gasteiger partial charge is 0.454 e. The lowest BCUT2D eigenvalue weighted by atomic mass is 10.1. The standard InChI is InChI=1S/C21H25N3O3/c1-2-21(25)22-17-4-6-18(7-5-17)24-11-9-23(10-12-24)14-16-3-8-19-20(13-16)27-15-26-19/h3-8,13H,2,9-12,14-15H2,1H3,(H,22,25). The maximum Gasteiger partial charge on any atom is 0.231 e. The fourth-order valence-corrected chi connectivity index (χ4v) is 3.47. The molecule has 0 radical (unpaired) electrons. The summed E-state index contributed by atoms with van der Waals surface area (Å²) in [5, 5.41) is 2.89. The van der Waals surface area contributed by atoms with Gasteiger partial charge in [0.05, 0.1) is 0 Å². The number of nitrogens with one attached hydrogen (secondary N) is 1. The third-order valence-corrected chi connectivity index (χ3v) is 5.05. The zero-order valence-corrected chi connectivity index (χ0v) is 15.6. The Kier molecular flexibility index (Phi) is 5.16. The van der Waals surface area contributed by atoms with Crippen molar-refractivity contribution in [1.82, 2.24) is 4.90 Å². The summed E-state index contributed by atoms with van der Waals surface area (Å²) in [5.41, 5.74) is 3.31. The summed E-state index contributed by atoms with van der Waals surface area (Å²) in [7, 11) is 0. The summed E-state index contributed by atoms with van der Waals surface area (Å²) in [5.74, 6) is 1.73. The highest BCUT2D eigenvalue weighted by Crippen LogP contribution is 2.33. The molecule has 27 heavy (non-hydrogen) atoms. The average molecular weight is 367 g/mol. The number of amides is 1. The fourth-order valence-electron chi connectivity index (χ4n) is 3.47. The first-order chi connectivity index (χ1) is 13.2. The van der Waals surface area contributed by atoms with Gasteiger partial charge in [-0.15, -0.1) is 0 Å². The predicted octanol–water partition coefficient (Wildman–Crippen LogP) is 3.09. The van der Waals surface area contributed by atoms with Crippen molar-refractivity contribution in [2.45, 2.75) is 19.9 Å². The van der Waals surface area contributed by atoms with E-state index in [1.807, 2.05) is 25.1 Å². The SMILES string of the molecule is CCC(=O)Nc1ccc(N2CCN(Cc3ccc4c(c3)OCO4)CC2)cc1. The molecule has 2 aromatic rings. The maximum absolute atomic E-state index is 11.5. The van der Waals surface area contributed by atoms with Crippen molar-refractivity contribution in [3.05, 3.63) is 48.0 Å². The number of fused-ring (bicyclic) bond motifs is 1. The second-order valence-corrected chi connectivity index (χ2v) is 6.90. The van der Waals surface area contributed by atoms with Crippen LogP contribution in [0.2, 0.25) is 0 Å². The highest BCUT2D eigenvalue weighted by Gasteiger charge is 2.19. The average Bonchev–Trinajstić information content (AvgIpc) is 3.17. The van der Waals surface area contributed by atoms with Crippen LogP contribution in [0.5, 0.6) is 11.5 Å². The molecule has 1 fully saturated rings. The van der Waals surface area contributed by atoms with Gasteiger partial charge in [-0.1, -0.05) is 13.0 Å². The molecular weight excluding hydrogens is 342 g/mol. The fraction of sp³-hybridized carbons (Fsp3) is 0.381. The van der Waals surface area contributed by atoms with Crippen molar-refractivity contribution in [3.8, 4) is 11.5 Å². The quantitative estimate of drug-likeness (QED) is 0.880. The van der Waals surface area contributed by atoms with Crippen LogP contribution in [-0.2, 0) is 11.3 Å². The molecule has 0 aliphatic carbocycles. The molecule has 1 saturated heterocycles. The molecule has 0 bridgehead atoms. The van der Waals surface area contributed by atoms with Gasteiger partial charge < -0.3 is 19.7 Å². The number of hydrogen-bond donors (Lipinski definition) is 1. The van der Waals surface area contributed by atoms with E-state index >= 15 is 0 Å². The first-order valence-electron chi connectivity index (χ1n) is 9.47. The Hall–Kier alpha value is -2.73. The molecule has 2 aliphatic rings. The molecule has 2 aromatic carbocycles. The van der Waals surface area contributed by atoms with Gasteiger partial charge in [0.15, 0.2) is 11.5 Å². The molecule has 6 heteroatoms. The molecule has 0 saturated carbocycles. The van der Waals surface area contributed by atoms with Crippen LogP contribution in [0.1, 0.15) is 18.9 Å². The minimum Gasteiger partial charge on any atom is -0.454 e. The van der Waals surface area contributed by atoms with E-state index in [9.17, 15) is 4.79 Å². The van der Waals surface area contributed by atoms with Gasteiger partial charge in [0.2, 0.25) is 12.7 Å². The Morgan fingerprint density at radius 3 is 2.48 bits per heavy atom. The molecule has 1 N–H and O–H groups in total. The van der Waals surface area contributed by atoms with Crippen LogP contribution < -0.4 is 19.7 Å². The monoisotopic (exact) mass is 367 g/mol. The summed E-state index contributed by atoms with van der Waals surface area (Å²) < 4.78 is 10.8. The first kappa shape index (κ1) is 17.7. The maximum atomic E-state index is 11.5. The number of piperazine rings is 1. The van der Waals surface area contributed by atoms with Crippen molar-refractivity contribution in [2.75, 3.05) is 43.2 Å². The Bertz CT molecular complexity index is 799. The lowest BCUT2D eigenvalue weighted by Gasteiger charge is -2.36. The third kappa shape index (κ3) is 4.17. The van der Waals surface area contributed by atoms with E-state index in [2.05, 4.69) is 39.4 Å². The third-order valence-electron chi connectivity index (χ3n) is 5.05. The van der Waals surface area contributed by atoms with Gasteiger partial charge in [0.25, 0.3) is 0 Å². The summed E-state index contributed by atoms with van der Waals surface area (Å²) >= 11 is 0. The molecular formula is C21H25N3O3. The zero-order chi connectivity index (χ0) is 18.6. The molecule has 0 aromatic heterocycles. The smallest absolute Gasteiger partial charge is 0.231 e. The summed E-state index contributed by atoms with van der Waals surface area (Å²) in [6, 6.07) is 14.3. The normalized spacial score (nSPS) is 16.4. The van der Waals surface area contributed by atoms with Crippen molar-refractivity contribution in [3.63, 3.8) is 0 Å². The number of nitrogens with zero attached hydrogens (tertiary/aromatic N) is 2. The minimum absolute atomic E-state index is 0.0416. The predicted molar refractivity (Wildman–Crippen MR) is 105 cm³/mol. The Labute approximate surface area is 159 Å². The number of benzene rings is 2. The second-order valence-electron chi connectivity index (χ2n) is 6.90. The lowest BCUT2D eigenvalue weighted by molar-refractivity contribution is -0.115. The van der Waals surface area contributed by atoms with Crippen LogP contribution in [0.3, 0.4) is 0 Å². The van der Waals surface area contributed by atoms with Gasteiger partial charge in [-0.05, 0) is 42.0 Å². The van der Waals surface area contributed by atoms with Crippen LogP contribution in [-0.4, -0.2) is 43.8 Å². The second kappa shape index (κ2) is 7.88. The molecule has 0 unspecified atom stereocenters. The van der Waals surface area contributed by atoms with Crippen molar-refractivity contribution >= 4 is 17.3 Å². The Balaban J connectivity index is 1.30. The van der Waals surface area contributed by atoms with Crippen molar-refractivity contribution in [2.24, 2.45) is 0 Å². The van der Waals surface area contributed by atoms with Crippen LogP contribution >= 0.6 is 0 Å². The number of anilines is 2. The molecule has 1 amide bonds. The van der Waals surface area contributed by atoms with E-state index in [4.69, 9.17) is 9.47 Å². The van der Waals surface area contributed by atoms with E-state index in [1.54, 1.807) is 0 Å². The summed E-state index contributed by atoms with van der Waals surface area (Å²) in [4.78, 5) is 16.3. The number of ether oxygens (including phenoxy) is 2. The van der Waals surface area contributed by atoms with Gasteiger partial charge in [-0.25, -0.2) is 0 Å². The van der Waals surface area contributed by atoms with Crippen molar-refractivity contribution < 1.29 is 14.3 Å². The molecule has 6 nitrogen and oxygen atoms in total. The number of hydrogen-bond acceptors (Lipinski definition) is 5. The van der Waals surface area contributed by atoms with Gasteiger partial charge in [0, 0.05) is 50.5 Å². The van der Waals surface area contributed by atoms with Gasteiger partial charge >= 0.3 is 0 Å². The van der Waals surface area contributed by atoms with Gasteiger partial charge in [0.1, 0.15) is 0 Å². The summed E-state index contributed by atoms with van der Waals surface area (Å²) in [6.07, 6.45) is 0.493. The topological polar surface area (TPSA) is 54.0 Å². The molecule has 0 atom stereocenters. The molecule has 142 valence electrons. The van der Waals surface area contributed by atoms with Crippen LogP contribution in [0.15, 0.2) is 42.5 Å². The van der Waals surface area contributed by atoms with Gasteiger partial charge in [-0.2, -0.15) is 0 Å². The van der Waals surface area contributed by atoms with E-state index in [0.29, 0.717) is 13.2 Å². The molecule has 2 heterocycles.